The summed E-state index contributed by atoms with van der Waals surface area (Å²) < 4.78 is 2.12. The number of aliphatic hydroxyl groups is 1. The molecule has 1 rings (SSSR count). The standard InChI is InChI=1S/C10H19N3O/c1-8(2)13-7-12-6-10(13)9(11-3)4-5-14/h6-9,11,14H,4-5H2,1-3H3. The van der Waals surface area contributed by atoms with Crippen molar-refractivity contribution in [3.63, 3.8) is 0 Å². The molecule has 1 aromatic rings. The number of nitrogens with one attached hydrogen (secondary N) is 1. The molecule has 0 aliphatic carbocycles. The molecule has 0 aliphatic heterocycles. The minimum atomic E-state index is 0.185. The lowest BCUT2D eigenvalue weighted by molar-refractivity contribution is 0.265. The van der Waals surface area contributed by atoms with E-state index < -0.39 is 0 Å². The Morgan fingerprint density at radius 3 is 2.79 bits per heavy atom. The third kappa shape index (κ3) is 2.33. The van der Waals surface area contributed by atoms with Gasteiger partial charge in [0.2, 0.25) is 0 Å². The summed E-state index contributed by atoms with van der Waals surface area (Å²) >= 11 is 0. The number of hydrogen-bond donors (Lipinski definition) is 2. The molecule has 4 heteroatoms. The van der Waals surface area contributed by atoms with E-state index in [9.17, 15) is 0 Å². The molecular weight excluding hydrogens is 178 g/mol. The number of aliphatic hydroxyl groups excluding tert-OH is 1. The average molecular weight is 197 g/mol. The fourth-order valence-corrected chi connectivity index (χ4v) is 1.59. The highest BCUT2D eigenvalue weighted by atomic mass is 16.3. The normalized spacial score (nSPS) is 13.5. The molecule has 4 nitrogen and oxygen atoms in total. The Kier molecular flexibility index (Phi) is 4.10. The lowest BCUT2D eigenvalue weighted by Gasteiger charge is -2.19. The third-order valence-electron chi connectivity index (χ3n) is 2.38. The van der Waals surface area contributed by atoms with E-state index in [0.717, 1.165) is 12.1 Å². The maximum absolute atomic E-state index is 8.93. The van der Waals surface area contributed by atoms with E-state index in [1.807, 2.05) is 19.6 Å². The molecule has 2 N–H and O–H groups in total. The van der Waals surface area contributed by atoms with E-state index in [1.54, 1.807) is 0 Å². The molecule has 0 aliphatic rings. The number of imidazole rings is 1. The summed E-state index contributed by atoms with van der Waals surface area (Å²) in [5.41, 5.74) is 1.14. The fourth-order valence-electron chi connectivity index (χ4n) is 1.59. The number of nitrogens with zero attached hydrogens (tertiary/aromatic N) is 2. The Hall–Kier alpha value is -0.870. The van der Waals surface area contributed by atoms with Crippen LogP contribution in [0.2, 0.25) is 0 Å². The number of hydrogen-bond acceptors (Lipinski definition) is 3. The van der Waals surface area contributed by atoms with E-state index in [0.29, 0.717) is 6.04 Å². The van der Waals surface area contributed by atoms with Gasteiger partial charge in [0, 0.05) is 18.8 Å². The zero-order valence-electron chi connectivity index (χ0n) is 9.07. The first-order valence-corrected chi connectivity index (χ1v) is 5.00. The third-order valence-corrected chi connectivity index (χ3v) is 2.38. The Bertz CT molecular complexity index is 270. The maximum atomic E-state index is 8.93. The van der Waals surface area contributed by atoms with Gasteiger partial charge < -0.3 is 15.0 Å². The summed E-state index contributed by atoms with van der Waals surface area (Å²) in [7, 11) is 1.90. The van der Waals surface area contributed by atoms with Gasteiger partial charge >= 0.3 is 0 Å². The minimum absolute atomic E-state index is 0.185. The van der Waals surface area contributed by atoms with Crippen molar-refractivity contribution in [2.24, 2.45) is 0 Å². The van der Waals surface area contributed by atoms with Crippen molar-refractivity contribution in [3.05, 3.63) is 18.2 Å². The van der Waals surface area contributed by atoms with Crippen LogP contribution in [-0.4, -0.2) is 28.3 Å². The van der Waals surface area contributed by atoms with Crippen molar-refractivity contribution < 1.29 is 5.11 Å². The highest BCUT2D eigenvalue weighted by Crippen LogP contribution is 2.18. The Balaban J connectivity index is 2.86. The van der Waals surface area contributed by atoms with Gasteiger partial charge in [0.05, 0.1) is 18.1 Å². The fraction of sp³-hybridized carbons (Fsp3) is 0.700. The lowest BCUT2D eigenvalue weighted by Crippen LogP contribution is -2.21. The molecule has 0 aromatic carbocycles. The van der Waals surface area contributed by atoms with Crippen LogP contribution in [0.1, 0.15) is 38.0 Å². The second-order valence-electron chi connectivity index (χ2n) is 3.67. The van der Waals surface area contributed by atoms with Crippen molar-refractivity contribution in [2.75, 3.05) is 13.7 Å². The molecule has 0 amide bonds. The predicted molar refractivity (Wildman–Crippen MR) is 56.1 cm³/mol. The zero-order valence-corrected chi connectivity index (χ0v) is 9.07. The van der Waals surface area contributed by atoms with Crippen LogP contribution in [0.3, 0.4) is 0 Å². The minimum Gasteiger partial charge on any atom is -0.396 e. The lowest BCUT2D eigenvalue weighted by atomic mass is 10.1. The summed E-state index contributed by atoms with van der Waals surface area (Å²) in [6.45, 7) is 4.43. The second kappa shape index (κ2) is 5.12. The molecule has 0 saturated heterocycles. The van der Waals surface area contributed by atoms with Crippen molar-refractivity contribution in [1.82, 2.24) is 14.9 Å². The van der Waals surface area contributed by atoms with Crippen LogP contribution in [0.15, 0.2) is 12.5 Å². The predicted octanol–water partition coefficient (Wildman–Crippen LogP) is 1.11. The Morgan fingerprint density at radius 2 is 2.29 bits per heavy atom. The van der Waals surface area contributed by atoms with Crippen LogP contribution < -0.4 is 5.32 Å². The van der Waals surface area contributed by atoms with Gasteiger partial charge in [-0.2, -0.15) is 0 Å². The molecule has 1 unspecified atom stereocenters. The summed E-state index contributed by atoms with van der Waals surface area (Å²) in [5, 5.41) is 12.1. The van der Waals surface area contributed by atoms with Gasteiger partial charge in [-0.25, -0.2) is 4.98 Å². The van der Waals surface area contributed by atoms with Crippen molar-refractivity contribution in [2.45, 2.75) is 32.4 Å². The SMILES string of the molecule is CNC(CCO)c1cncn1C(C)C. The topological polar surface area (TPSA) is 50.1 Å². The summed E-state index contributed by atoms with van der Waals surface area (Å²) in [4.78, 5) is 4.14. The molecule has 1 aromatic heterocycles. The van der Waals surface area contributed by atoms with Crippen molar-refractivity contribution in [1.29, 1.82) is 0 Å². The van der Waals surface area contributed by atoms with Gasteiger partial charge in [-0.15, -0.1) is 0 Å². The molecular formula is C10H19N3O. The Labute approximate surface area is 85.0 Å². The first-order valence-electron chi connectivity index (χ1n) is 5.00. The van der Waals surface area contributed by atoms with Crippen molar-refractivity contribution in [3.8, 4) is 0 Å². The van der Waals surface area contributed by atoms with Crippen LogP contribution in [0.4, 0.5) is 0 Å². The van der Waals surface area contributed by atoms with Gasteiger partial charge in [-0.1, -0.05) is 0 Å². The molecule has 0 radical (unpaired) electrons. The smallest absolute Gasteiger partial charge is 0.0951 e. The van der Waals surface area contributed by atoms with E-state index in [1.165, 1.54) is 0 Å². The summed E-state index contributed by atoms with van der Waals surface area (Å²) in [6, 6.07) is 0.590. The second-order valence-corrected chi connectivity index (χ2v) is 3.67. The molecule has 0 fully saturated rings. The first kappa shape index (κ1) is 11.2. The highest BCUT2D eigenvalue weighted by molar-refractivity contribution is 5.06. The molecule has 14 heavy (non-hydrogen) atoms. The molecule has 80 valence electrons. The van der Waals surface area contributed by atoms with Gasteiger partial charge in [-0.3, -0.25) is 0 Å². The van der Waals surface area contributed by atoms with Crippen LogP contribution in [0, 0.1) is 0 Å². The summed E-state index contributed by atoms with van der Waals surface area (Å²) in [6.07, 6.45) is 4.41. The van der Waals surface area contributed by atoms with E-state index >= 15 is 0 Å². The van der Waals surface area contributed by atoms with Gasteiger partial charge in [-0.05, 0) is 27.3 Å². The van der Waals surface area contributed by atoms with Gasteiger partial charge in [0.1, 0.15) is 0 Å². The number of aromatic nitrogens is 2. The monoisotopic (exact) mass is 197 g/mol. The van der Waals surface area contributed by atoms with Gasteiger partial charge in [0.15, 0.2) is 0 Å². The molecule has 1 atom stereocenters. The Morgan fingerprint density at radius 1 is 1.57 bits per heavy atom. The van der Waals surface area contributed by atoms with E-state index in [2.05, 4.69) is 28.7 Å². The quantitative estimate of drug-likeness (QED) is 0.743. The van der Waals surface area contributed by atoms with E-state index in [4.69, 9.17) is 5.11 Å². The van der Waals surface area contributed by atoms with E-state index in [-0.39, 0.29) is 12.6 Å². The molecule has 1 heterocycles. The zero-order chi connectivity index (χ0) is 10.6. The average Bonchev–Trinajstić information content (AvgIpc) is 2.62. The van der Waals surface area contributed by atoms with Crippen LogP contribution in [0.5, 0.6) is 0 Å². The van der Waals surface area contributed by atoms with Crippen LogP contribution >= 0.6 is 0 Å². The van der Waals surface area contributed by atoms with Crippen LogP contribution in [0.25, 0.3) is 0 Å². The maximum Gasteiger partial charge on any atom is 0.0951 e. The molecule has 0 spiro atoms. The number of rotatable bonds is 5. The van der Waals surface area contributed by atoms with Gasteiger partial charge in [0.25, 0.3) is 0 Å². The summed E-state index contributed by atoms with van der Waals surface area (Å²) in [5.74, 6) is 0. The largest absolute Gasteiger partial charge is 0.396 e. The van der Waals surface area contributed by atoms with Crippen LogP contribution in [-0.2, 0) is 0 Å². The van der Waals surface area contributed by atoms with Crippen molar-refractivity contribution >= 4 is 0 Å². The molecule has 0 saturated carbocycles. The molecule has 0 bridgehead atoms. The highest BCUT2D eigenvalue weighted by Gasteiger charge is 2.14. The first-order chi connectivity index (χ1) is 6.70.